The molecule has 0 saturated heterocycles. The summed E-state index contributed by atoms with van der Waals surface area (Å²) >= 11 is 0. The summed E-state index contributed by atoms with van der Waals surface area (Å²) in [6, 6.07) is 17.4. The van der Waals surface area contributed by atoms with Crippen molar-refractivity contribution >= 4 is 12.0 Å². The Morgan fingerprint density at radius 1 is 0.933 bits per heavy atom. The highest BCUT2D eigenvalue weighted by Crippen LogP contribution is 2.19. The van der Waals surface area contributed by atoms with Crippen molar-refractivity contribution in [1.29, 1.82) is 0 Å². The molecule has 0 saturated carbocycles. The van der Waals surface area contributed by atoms with E-state index in [1.54, 1.807) is 13.8 Å². The van der Waals surface area contributed by atoms with Crippen LogP contribution in [0.15, 0.2) is 55.1 Å². The average molecular weight is 411 g/mol. The number of hydrogen-bond donors (Lipinski definition) is 1. The van der Waals surface area contributed by atoms with Crippen LogP contribution in [0, 0.1) is 5.41 Å². The van der Waals surface area contributed by atoms with Crippen LogP contribution in [0.3, 0.4) is 0 Å². The molecule has 0 heterocycles. The Hall–Kier alpha value is -2.35. The summed E-state index contributed by atoms with van der Waals surface area (Å²) in [4.78, 5) is 10.3. The average Bonchev–Trinajstić information content (AvgIpc) is 2.79. The number of benzene rings is 2. The van der Waals surface area contributed by atoms with Crippen LogP contribution in [0.25, 0.3) is 6.08 Å². The third-order valence-corrected chi connectivity index (χ3v) is 5.66. The fourth-order valence-corrected chi connectivity index (χ4v) is 2.36. The van der Waals surface area contributed by atoms with Gasteiger partial charge in [0.25, 0.3) is 0 Å². The topological polar surface area (TPSA) is 37.3 Å². The van der Waals surface area contributed by atoms with Crippen molar-refractivity contribution in [3.8, 4) is 0 Å². The van der Waals surface area contributed by atoms with Gasteiger partial charge in [0.15, 0.2) is 0 Å². The highest BCUT2D eigenvalue weighted by molar-refractivity contribution is 5.73. The van der Waals surface area contributed by atoms with Gasteiger partial charge in [-0.15, -0.1) is 0 Å². The molecule has 1 unspecified atom stereocenters. The lowest BCUT2D eigenvalue weighted by Gasteiger charge is -2.14. The van der Waals surface area contributed by atoms with Crippen LogP contribution < -0.4 is 0 Å². The smallest absolute Gasteiger partial charge is 0.309 e. The molecule has 0 fully saturated rings. The van der Waals surface area contributed by atoms with Gasteiger partial charge in [0.1, 0.15) is 0 Å². The first kappa shape index (κ1) is 27.7. The minimum Gasteiger partial charge on any atom is -0.481 e. The molecule has 1 N–H and O–H groups in total. The van der Waals surface area contributed by atoms with Crippen LogP contribution in [0.4, 0.5) is 0 Å². The molecular weight excluding hydrogens is 368 g/mol. The molecule has 0 spiro atoms. The second kappa shape index (κ2) is 14.6. The van der Waals surface area contributed by atoms with Crippen LogP contribution >= 0.6 is 0 Å². The SMILES string of the molecule is C=Cc1ccc(CC)cc1.CCC(C)(C)C(=O)O.CCc1ccc(C(C)CC)cc1. The van der Waals surface area contributed by atoms with E-state index in [2.05, 4.69) is 82.8 Å². The number of hydrogen-bond acceptors (Lipinski definition) is 1. The maximum atomic E-state index is 10.3. The van der Waals surface area contributed by atoms with E-state index in [0.717, 1.165) is 12.8 Å². The van der Waals surface area contributed by atoms with Crippen LogP contribution in [0.5, 0.6) is 0 Å². The second-order valence-electron chi connectivity index (χ2n) is 8.25. The zero-order chi connectivity index (χ0) is 23.2. The third kappa shape index (κ3) is 10.4. The van der Waals surface area contributed by atoms with E-state index in [9.17, 15) is 4.79 Å². The molecule has 2 aromatic carbocycles. The Labute approximate surface area is 185 Å². The summed E-state index contributed by atoms with van der Waals surface area (Å²) in [5.41, 5.74) is 4.93. The Bertz CT molecular complexity index is 724. The predicted octanol–water partition coefficient (Wildman–Crippen LogP) is 8.16. The Morgan fingerprint density at radius 2 is 1.37 bits per heavy atom. The van der Waals surface area contributed by atoms with E-state index in [1.807, 2.05) is 13.0 Å². The van der Waals surface area contributed by atoms with Crippen molar-refractivity contribution in [3.63, 3.8) is 0 Å². The number of carboxylic acid groups (broad SMARTS) is 1. The van der Waals surface area contributed by atoms with Gasteiger partial charge >= 0.3 is 5.97 Å². The number of rotatable bonds is 7. The number of carboxylic acids is 1. The second-order valence-corrected chi connectivity index (χ2v) is 8.25. The molecule has 2 rings (SSSR count). The molecule has 0 aliphatic heterocycles. The first-order chi connectivity index (χ1) is 14.1. The highest BCUT2D eigenvalue weighted by Gasteiger charge is 2.23. The van der Waals surface area contributed by atoms with E-state index in [0.29, 0.717) is 12.3 Å². The van der Waals surface area contributed by atoms with Gasteiger partial charge in [0.05, 0.1) is 5.41 Å². The fourth-order valence-electron chi connectivity index (χ4n) is 2.36. The van der Waals surface area contributed by atoms with Gasteiger partial charge in [0, 0.05) is 0 Å². The first-order valence-corrected chi connectivity index (χ1v) is 11.2. The molecule has 30 heavy (non-hydrogen) atoms. The maximum absolute atomic E-state index is 10.3. The standard InChI is InChI=1S/C12H18.C10H12.C6H12O2/c1-4-10(3)12-8-6-11(5-2)7-9-12;1-3-9-5-7-10(4-2)8-6-9;1-4-6(2,3)5(7)8/h6-10H,4-5H2,1-3H3;3,5-8H,1,4H2,2H3;4H2,1-3H3,(H,7,8). The van der Waals surface area contributed by atoms with E-state index in [4.69, 9.17) is 5.11 Å². The molecule has 0 aliphatic carbocycles. The Kier molecular flexibility index (Phi) is 13.5. The Morgan fingerprint density at radius 3 is 1.63 bits per heavy atom. The molecule has 0 radical (unpaired) electrons. The van der Waals surface area contributed by atoms with Gasteiger partial charge in [-0.2, -0.15) is 0 Å². The van der Waals surface area contributed by atoms with E-state index >= 15 is 0 Å². The van der Waals surface area contributed by atoms with E-state index in [-0.39, 0.29) is 0 Å². The van der Waals surface area contributed by atoms with E-state index in [1.165, 1.54) is 28.7 Å². The largest absolute Gasteiger partial charge is 0.481 e. The number of aliphatic carboxylic acids is 1. The van der Waals surface area contributed by atoms with Crippen LogP contribution in [-0.4, -0.2) is 11.1 Å². The van der Waals surface area contributed by atoms with Gasteiger partial charge in [-0.25, -0.2) is 0 Å². The predicted molar refractivity (Wildman–Crippen MR) is 132 cm³/mol. The number of aryl methyl sites for hydroxylation is 2. The molecule has 0 aromatic heterocycles. The first-order valence-electron chi connectivity index (χ1n) is 11.2. The van der Waals surface area contributed by atoms with Crippen molar-refractivity contribution in [2.24, 2.45) is 5.41 Å². The van der Waals surface area contributed by atoms with Crippen molar-refractivity contribution in [2.75, 3.05) is 0 Å². The molecular formula is C28H42O2. The monoisotopic (exact) mass is 410 g/mol. The van der Waals surface area contributed by atoms with Crippen LogP contribution in [0.2, 0.25) is 0 Å². The summed E-state index contributed by atoms with van der Waals surface area (Å²) in [5.74, 6) is -0.0177. The van der Waals surface area contributed by atoms with Gasteiger partial charge in [-0.3, -0.25) is 4.79 Å². The van der Waals surface area contributed by atoms with Gasteiger partial charge in [-0.05, 0) is 67.7 Å². The summed E-state index contributed by atoms with van der Waals surface area (Å²) < 4.78 is 0. The van der Waals surface area contributed by atoms with E-state index < -0.39 is 11.4 Å². The van der Waals surface area contributed by atoms with Crippen molar-refractivity contribution < 1.29 is 9.90 Å². The van der Waals surface area contributed by atoms with Crippen molar-refractivity contribution in [3.05, 3.63) is 77.4 Å². The molecule has 2 heteroatoms. The fraction of sp³-hybridized carbons (Fsp3) is 0.464. The summed E-state index contributed by atoms with van der Waals surface area (Å²) in [5, 5.41) is 8.44. The molecule has 166 valence electrons. The van der Waals surface area contributed by atoms with Crippen molar-refractivity contribution in [2.45, 2.75) is 80.1 Å². The molecule has 0 aliphatic rings. The van der Waals surface area contributed by atoms with Gasteiger partial charge in [-0.1, -0.05) is 95.8 Å². The zero-order valence-electron chi connectivity index (χ0n) is 20.2. The lowest BCUT2D eigenvalue weighted by atomic mass is 9.91. The van der Waals surface area contributed by atoms with Crippen molar-refractivity contribution in [1.82, 2.24) is 0 Å². The molecule has 1 atom stereocenters. The molecule has 2 aromatic rings. The van der Waals surface area contributed by atoms with Crippen LogP contribution in [0.1, 0.15) is 89.5 Å². The minimum atomic E-state index is -0.722. The lowest BCUT2D eigenvalue weighted by molar-refractivity contribution is -0.147. The summed E-state index contributed by atoms with van der Waals surface area (Å²) in [6.45, 7) is 17.9. The zero-order valence-corrected chi connectivity index (χ0v) is 20.2. The van der Waals surface area contributed by atoms with Crippen LogP contribution in [-0.2, 0) is 17.6 Å². The Balaban J connectivity index is 0.000000431. The third-order valence-electron chi connectivity index (χ3n) is 5.66. The highest BCUT2D eigenvalue weighted by atomic mass is 16.4. The summed E-state index contributed by atoms with van der Waals surface area (Å²) in [6.07, 6.45) is 6.02. The molecule has 2 nitrogen and oxygen atoms in total. The normalized spacial score (nSPS) is 11.3. The quantitative estimate of drug-likeness (QED) is 0.500. The maximum Gasteiger partial charge on any atom is 0.309 e. The molecule has 0 bridgehead atoms. The molecule has 0 amide bonds. The lowest BCUT2D eigenvalue weighted by Crippen LogP contribution is -2.21. The van der Waals surface area contributed by atoms with Gasteiger partial charge < -0.3 is 5.11 Å². The number of carbonyl (C=O) groups is 1. The van der Waals surface area contributed by atoms with Gasteiger partial charge in [0.2, 0.25) is 0 Å². The summed E-state index contributed by atoms with van der Waals surface area (Å²) in [7, 11) is 0. The minimum absolute atomic E-state index is 0.542.